The topological polar surface area (TPSA) is 80.0 Å². The Balaban J connectivity index is 1.47. The second-order valence-electron chi connectivity index (χ2n) is 7.11. The Morgan fingerprint density at radius 1 is 1.25 bits per heavy atom. The van der Waals surface area contributed by atoms with Crippen LogP contribution in [0.25, 0.3) is 0 Å². The van der Waals surface area contributed by atoms with Crippen molar-refractivity contribution in [2.24, 2.45) is 4.99 Å². The van der Waals surface area contributed by atoms with Gasteiger partial charge in [0.15, 0.2) is 11.1 Å². The molecule has 1 saturated carbocycles. The first-order chi connectivity index (χ1) is 13.6. The van der Waals surface area contributed by atoms with Crippen LogP contribution in [0.15, 0.2) is 10.1 Å². The highest BCUT2D eigenvalue weighted by atomic mass is 32.2. The summed E-state index contributed by atoms with van der Waals surface area (Å²) in [5.74, 6) is 1.95. The molecular weight excluding hydrogens is 390 g/mol. The summed E-state index contributed by atoms with van der Waals surface area (Å²) < 4.78 is 2.39. The van der Waals surface area contributed by atoms with Gasteiger partial charge in [-0.1, -0.05) is 24.6 Å². The van der Waals surface area contributed by atoms with Crippen LogP contribution in [-0.4, -0.2) is 45.6 Å². The van der Waals surface area contributed by atoms with E-state index in [2.05, 4.69) is 48.6 Å². The van der Waals surface area contributed by atoms with Crippen molar-refractivity contribution >= 4 is 29.1 Å². The van der Waals surface area contributed by atoms with E-state index in [4.69, 9.17) is 0 Å². The van der Waals surface area contributed by atoms with Crippen LogP contribution in [0.2, 0.25) is 0 Å². The first-order valence-electron chi connectivity index (χ1n) is 9.97. The molecule has 28 heavy (non-hydrogen) atoms. The molecule has 1 fully saturated rings. The van der Waals surface area contributed by atoms with Crippen LogP contribution in [-0.2, 0) is 13.0 Å². The van der Waals surface area contributed by atoms with Gasteiger partial charge >= 0.3 is 0 Å². The average Bonchev–Trinajstić information content (AvgIpc) is 3.41. The van der Waals surface area contributed by atoms with E-state index in [1.54, 1.807) is 23.1 Å². The maximum Gasteiger partial charge on any atom is 0.191 e. The molecule has 0 amide bonds. The fourth-order valence-corrected chi connectivity index (χ4v) is 5.17. The van der Waals surface area contributed by atoms with E-state index in [0.717, 1.165) is 53.6 Å². The molecule has 2 heterocycles. The lowest BCUT2D eigenvalue weighted by atomic mass is 10.2. The van der Waals surface area contributed by atoms with E-state index >= 15 is 0 Å². The summed E-state index contributed by atoms with van der Waals surface area (Å²) in [7, 11) is 1.81. The van der Waals surface area contributed by atoms with Gasteiger partial charge in [-0.05, 0) is 39.4 Å². The Kier molecular flexibility index (Phi) is 7.73. The number of hydrogen-bond acceptors (Lipinski definition) is 6. The summed E-state index contributed by atoms with van der Waals surface area (Å²) in [4.78, 5) is 10.1. The third-order valence-electron chi connectivity index (χ3n) is 5.12. The molecule has 2 aromatic rings. The van der Waals surface area contributed by atoms with Gasteiger partial charge in [0.25, 0.3) is 0 Å². The number of thioether (sulfide) groups is 1. The van der Waals surface area contributed by atoms with Crippen molar-refractivity contribution in [3.05, 3.63) is 21.4 Å². The molecule has 0 saturated heterocycles. The number of hydrogen-bond donors (Lipinski definition) is 2. The molecule has 0 aliphatic heterocycles. The number of aliphatic imine (C=N–C) groups is 1. The lowest BCUT2D eigenvalue weighted by Crippen LogP contribution is -2.37. The quantitative estimate of drug-likeness (QED) is 0.294. The average molecular weight is 422 g/mol. The van der Waals surface area contributed by atoms with Crippen molar-refractivity contribution in [1.82, 2.24) is 30.4 Å². The number of aromatic nitrogens is 4. The number of aryl methyl sites for hydroxylation is 3. The Labute approximate surface area is 175 Å². The van der Waals surface area contributed by atoms with Gasteiger partial charge in [0.05, 0.1) is 17.2 Å². The van der Waals surface area contributed by atoms with Crippen LogP contribution in [0.1, 0.15) is 59.5 Å². The van der Waals surface area contributed by atoms with E-state index in [9.17, 15) is 0 Å². The molecule has 9 heteroatoms. The van der Waals surface area contributed by atoms with Crippen molar-refractivity contribution in [3.8, 4) is 0 Å². The minimum Gasteiger partial charge on any atom is -0.356 e. The van der Waals surface area contributed by atoms with Gasteiger partial charge < -0.3 is 15.2 Å². The number of nitrogens with one attached hydrogen (secondary N) is 2. The molecule has 0 bridgehead atoms. The second-order valence-corrected chi connectivity index (χ2v) is 9.17. The van der Waals surface area contributed by atoms with E-state index in [1.165, 1.54) is 30.6 Å². The third-order valence-corrected chi connectivity index (χ3v) is 6.83. The third kappa shape index (κ3) is 5.26. The van der Waals surface area contributed by atoms with Gasteiger partial charge in [0.1, 0.15) is 5.82 Å². The zero-order valence-electron chi connectivity index (χ0n) is 17.3. The zero-order valence-corrected chi connectivity index (χ0v) is 18.9. The molecule has 0 spiro atoms. The molecule has 2 N–H and O–H groups in total. The number of rotatable bonds is 8. The highest BCUT2D eigenvalue weighted by molar-refractivity contribution is 7.98. The normalized spacial score (nSPS) is 15.4. The highest BCUT2D eigenvalue weighted by Crippen LogP contribution is 2.33. The summed E-state index contributed by atoms with van der Waals surface area (Å²) in [6.45, 7) is 5.71. The summed E-state index contributed by atoms with van der Waals surface area (Å²) in [5, 5.41) is 17.8. The Morgan fingerprint density at radius 3 is 2.68 bits per heavy atom. The highest BCUT2D eigenvalue weighted by Gasteiger charge is 2.23. The van der Waals surface area contributed by atoms with Crippen LogP contribution < -0.4 is 10.6 Å². The molecule has 0 radical (unpaired) electrons. The molecule has 0 unspecified atom stereocenters. The van der Waals surface area contributed by atoms with Crippen LogP contribution in [0.3, 0.4) is 0 Å². The lowest BCUT2D eigenvalue weighted by Gasteiger charge is -2.16. The van der Waals surface area contributed by atoms with E-state index < -0.39 is 0 Å². The number of guanidine groups is 1. The minimum absolute atomic E-state index is 0.584. The molecule has 0 atom stereocenters. The van der Waals surface area contributed by atoms with Crippen molar-refractivity contribution in [1.29, 1.82) is 0 Å². The maximum absolute atomic E-state index is 4.47. The Bertz CT molecular complexity index is 790. The molecular formula is C19H31N7S2. The molecule has 0 aromatic carbocycles. The van der Waals surface area contributed by atoms with Gasteiger partial charge in [-0.2, -0.15) is 0 Å². The van der Waals surface area contributed by atoms with Crippen molar-refractivity contribution in [3.63, 3.8) is 0 Å². The number of nitrogens with zero attached hydrogens (tertiary/aromatic N) is 5. The molecule has 3 rings (SSSR count). The summed E-state index contributed by atoms with van der Waals surface area (Å²) in [6.07, 6.45) is 9.16. The maximum atomic E-state index is 4.47. The first kappa shape index (κ1) is 21.1. The Morgan fingerprint density at radius 2 is 2.04 bits per heavy atom. The van der Waals surface area contributed by atoms with Gasteiger partial charge in [0, 0.05) is 30.9 Å². The van der Waals surface area contributed by atoms with E-state index in [1.807, 2.05) is 14.0 Å². The number of thiazole rings is 1. The van der Waals surface area contributed by atoms with Gasteiger partial charge in [-0.25, -0.2) is 4.98 Å². The molecule has 154 valence electrons. The smallest absolute Gasteiger partial charge is 0.191 e. The fourth-order valence-electron chi connectivity index (χ4n) is 3.72. The van der Waals surface area contributed by atoms with Crippen LogP contribution in [0, 0.1) is 13.8 Å². The predicted octanol–water partition coefficient (Wildman–Crippen LogP) is 3.49. The first-order valence-corrected chi connectivity index (χ1v) is 12.0. The molecule has 1 aliphatic rings. The fraction of sp³-hybridized carbons (Fsp3) is 0.684. The van der Waals surface area contributed by atoms with Gasteiger partial charge in [-0.15, -0.1) is 21.5 Å². The van der Waals surface area contributed by atoms with Crippen LogP contribution >= 0.6 is 23.1 Å². The zero-order chi connectivity index (χ0) is 19.9. The monoisotopic (exact) mass is 421 g/mol. The van der Waals surface area contributed by atoms with Crippen molar-refractivity contribution < 1.29 is 0 Å². The van der Waals surface area contributed by atoms with Gasteiger partial charge in [0.2, 0.25) is 0 Å². The van der Waals surface area contributed by atoms with Crippen LogP contribution in [0.4, 0.5) is 0 Å². The van der Waals surface area contributed by atoms with Crippen molar-refractivity contribution in [2.45, 2.75) is 70.1 Å². The Hall–Kier alpha value is -1.61. The molecule has 2 aromatic heterocycles. The van der Waals surface area contributed by atoms with E-state index in [0.29, 0.717) is 6.04 Å². The van der Waals surface area contributed by atoms with Crippen molar-refractivity contribution in [2.75, 3.05) is 19.8 Å². The largest absolute Gasteiger partial charge is 0.356 e. The predicted molar refractivity (Wildman–Crippen MR) is 117 cm³/mol. The summed E-state index contributed by atoms with van der Waals surface area (Å²) in [6, 6.07) is 0.584. The molecule has 7 nitrogen and oxygen atoms in total. The standard InChI is InChI=1S/C19H31N7S2/c1-13-16(28-14(2)23-13)12-22-18(20-3)21-11-7-10-17-24-25-19(27-4)26(17)15-8-5-6-9-15/h15H,5-12H2,1-4H3,(H2,20,21,22). The van der Waals surface area contributed by atoms with E-state index in [-0.39, 0.29) is 0 Å². The summed E-state index contributed by atoms with van der Waals surface area (Å²) in [5.41, 5.74) is 1.10. The summed E-state index contributed by atoms with van der Waals surface area (Å²) >= 11 is 3.43. The molecule has 1 aliphatic carbocycles. The van der Waals surface area contributed by atoms with Crippen LogP contribution in [0.5, 0.6) is 0 Å². The SMILES string of the molecule is CN=C(NCCCc1nnc(SC)n1C1CCCC1)NCc1sc(C)nc1C. The minimum atomic E-state index is 0.584. The lowest BCUT2D eigenvalue weighted by molar-refractivity contribution is 0.460. The van der Waals surface area contributed by atoms with Gasteiger partial charge in [-0.3, -0.25) is 4.99 Å². The second kappa shape index (κ2) is 10.2.